The molecule has 0 heterocycles. The van der Waals surface area contributed by atoms with Crippen molar-refractivity contribution >= 4 is 11.9 Å². The Labute approximate surface area is 113 Å². The quantitative estimate of drug-likeness (QED) is 0.825. The van der Waals surface area contributed by atoms with Crippen LogP contribution in [0.1, 0.15) is 31.9 Å². The average molecular weight is 261 g/mol. The fourth-order valence-electron chi connectivity index (χ4n) is 2.00. The van der Waals surface area contributed by atoms with Gasteiger partial charge in [0.2, 0.25) is 0 Å². The number of ether oxygens (including phenoxy) is 1. The zero-order valence-corrected chi connectivity index (χ0v) is 11.3. The summed E-state index contributed by atoms with van der Waals surface area (Å²) in [4.78, 5) is 23.1. The van der Waals surface area contributed by atoms with Crippen LogP contribution in [0.2, 0.25) is 0 Å². The molecule has 0 saturated heterocycles. The van der Waals surface area contributed by atoms with Gasteiger partial charge in [0.25, 0.3) is 5.91 Å². The number of hydrogen-bond acceptors (Lipinski definition) is 3. The predicted octanol–water partition coefficient (Wildman–Crippen LogP) is 2.06. The standard InChI is InChI=1S/C15H19NO3/c1-10-8-13(10)15(18)19-9-14(17)16-11(2)12-6-4-3-5-7-12/h3-7,10-11,13H,8-9H2,1-2H3,(H,16,17)/t10-,11-,13-/m0/s1. The first-order chi connectivity index (χ1) is 9.08. The van der Waals surface area contributed by atoms with Crippen LogP contribution in [-0.2, 0) is 14.3 Å². The molecule has 0 unspecified atom stereocenters. The van der Waals surface area contributed by atoms with Gasteiger partial charge in [-0.1, -0.05) is 37.3 Å². The van der Waals surface area contributed by atoms with E-state index >= 15 is 0 Å². The van der Waals surface area contributed by atoms with Gasteiger partial charge in [0.15, 0.2) is 6.61 Å². The van der Waals surface area contributed by atoms with Gasteiger partial charge in [0.05, 0.1) is 12.0 Å². The summed E-state index contributed by atoms with van der Waals surface area (Å²) in [5.41, 5.74) is 1.03. The van der Waals surface area contributed by atoms with Crippen LogP contribution in [0.4, 0.5) is 0 Å². The zero-order chi connectivity index (χ0) is 13.8. The minimum atomic E-state index is -0.266. The van der Waals surface area contributed by atoms with E-state index in [2.05, 4.69) is 5.32 Å². The van der Waals surface area contributed by atoms with Crippen LogP contribution in [-0.4, -0.2) is 18.5 Å². The molecule has 2 rings (SSSR count). The maximum absolute atomic E-state index is 11.7. The van der Waals surface area contributed by atoms with Gasteiger partial charge in [-0.2, -0.15) is 0 Å². The van der Waals surface area contributed by atoms with Crippen molar-refractivity contribution in [2.45, 2.75) is 26.3 Å². The highest BCUT2D eigenvalue weighted by Gasteiger charge is 2.40. The fraction of sp³-hybridized carbons (Fsp3) is 0.467. The Morgan fingerprint density at radius 1 is 1.37 bits per heavy atom. The summed E-state index contributed by atoms with van der Waals surface area (Å²) in [6, 6.07) is 9.58. The molecule has 0 spiro atoms. The van der Waals surface area contributed by atoms with Gasteiger partial charge in [0.1, 0.15) is 0 Å². The molecule has 3 atom stereocenters. The summed E-state index contributed by atoms with van der Waals surface area (Å²) < 4.78 is 4.98. The van der Waals surface area contributed by atoms with E-state index in [1.54, 1.807) is 0 Å². The molecule has 1 N–H and O–H groups in total. The van der Waals surface area contributed by atoms with Crippen LogP contribution < -0.4 is 5.32 Å². The first-order valence-corrected chi connectivity index (χ1v) is 6.59. The van der Waals surface area contributed by atoms with Gasteiger partial charge in [-0.05, 0) is 24.8 Å². The molecule has 1 aromatic rings. The molecule has 1 aliphatic rings. The number of esters is 1. The van der Waals surface area contributed by atoms with Gasteiger partial charge in [-0.15, -0.1) is 0 Å². The maximum atomic E-state index is 11.7. The fourth-order valence-corrected chi connectivity index (χ4v) is 2.00. The number of benzene rings is 1. The molecule has 0 bridgehead atoms. The maximum Gasteiger partial charge on any atom is 0.309 e. The van der Waals surface area contributed by atoms with Crippen molar-refractivity contribution in [2.75, 3.05) is 6.61 Å². The summed E-state index contributed by atoms with van der Waals surface area (Å²) in [6.07, 6.45) is 0.876. The molecule has 102 valence electrons. The molecule has 1 saturated carbocycles. The molecule has 1 aliphatic carbocycles. The normalized spacial score (nSPS) is 22.4. The van der Waals surface area contributed by atoms with Crippen molar-refractivity contribution in [2.24, 2.45) is 11.8 Å². The van der Waals surface area contributed by atoms with Gasteiger partial charge >= 0.3 is 5.97 Å². The van der Waals surface area contributed by atoms with Crippen molar-refractivity contribution in [3.05, 3.63) is 35.9 Å². The second-order valence-corrected chi connectivity index (χ2v) is 5.13. The van der Waals surface area contributed by atoms with Crippen molar-refractivity contribution < 1.29 is 14.3 Å². The second-order valence-electron chi connectivity index (χ2n) is 5.13. The van der Waals surface area contributed by atoms with E-state index in [9.17, 15) is 9.59 Å². The topological polar surface area (TPSA) is 55.4 Å². The SMILES string of the molecule is C[C@H](NC(=O)COC(=O)[C@H]1C[C@@H]1C)c1ccccc1. The number of amides is 1. The molecular formula is C15H19NO3. The Morgan fingerprint density at radius 3 is 2.58 bits per heavy atom. The summed E-state index contributed by atoms with van der Waals surface area (Å²) in [5.74, 6) is -0.119. The minimum absolute atomic E-state index is 0.000605. The van der Waals surface area contributed by atoms with E-state index in [-0.39, 0.29) is 30.4 Å². The monoisotopic (exact) mass is 261 g/mol. The lowest BCUT2D eigenvalue weighted by Crippen LogP contribution is -2.31. The smallest absolute Gasteiger partial charge is 0.309 e. The Bertz CT molecular complexity index is 458. The van der Waals surface area contributed by atoms with E-state index in [1.807, 2.05) is 44.2 Å². The first kappa shape index (κ1) is 13.6. The highest BCUT2D eigenvalue weighted by Crippen LogP contribution is 2.38. The molecule has 4 nitrogen and oxygen atoms in total. The Morgan fingerprint density at radius 2 is 2.00 bits per heavy atom. The molecule has 19 heavy (non-hydrogen) atoms. The van der Waals surface area contributed by atoms with E-state index < -0.39 is 0 Å². The van der Waals surface area contributed by atoms with E-state index in [0.717, 1.165) is 12.0 Å². The van der Waals surface area contributed by atoms with Gasteiger partial charge in [-0.3, -0.25) is 9.59 Å². The number of carbonyl (C=O) groups excluding carboxylic acids is 2. The van der Waals surface area contributed by atoms with Crippen molar-refractivity contribution in [3.63, 3.8) is 0 Å². The number of carbonyl (C=O) groups is 2. The number of hydrogen-bond donors (Lipinski definition) is 1. The Hall–Kier alpha value is -1.84. The first-order valence-electron chi connectivity index (χ1n) is 6.59. The molecule has 1 aromatic carbocycles. The lowest BCUT2D eigenvalue weighted by atomic mass is 10.1. The van der Waals surface area contributed by atoms with Crippen LogP contribution in [0, 0.1) is 11.8 Å². The third-order valence-electron chi connectivity index (χ3n) is 3.43. The minimum Gasteiger partial charge on any atom is -0.455 e. The van der Waals surface area contributed by atoms with Crippen LogP contribution in [0.3, 0.4) is 0 Å². The van der Waals surface area contributed by atoms with Crippen molar-refractivity contribution in [3.8, 4) is 0 Å². The molecule has 0 aromatic heterocycles. The molecule has 4 heteroatoms. The van der Waals surface area contributed by atoms with Crippen molar-refractivity contribution in [1.29, 1.82) is 0 Å². The third kappa shape index (κ3) is 3.81. The molecule has 0 radical (unpaired) electrons. The van der Waals surface area contributed by atoms with Gasteiger partial charge < -0.3 is 10.1 Å². The van der Waals surface area contributed by atoms with E-state index in [0.29, 0.717) is 5.92 Å². The molecule has 1 amide bonds. The van der Waals surface area contributed by atoms with Crippen LogP contribution in [0.5, 0.6) is 0 Å². The highest BCUT2D eigenvalue weighted by atomic mass is 16.5. The van der Waals surface area contributed by atoms with Gasteiger partial charge in [0, 0.05) is 0 Å². The van der Waals surface area contributed by atoms with Crippen LogP contribution >= 0.6 is 0 Å². The zero-order valence-electron chi connectivity index (χ0n) is 11.3. The molecular weight excluding hydrogens is 242 g/mol. The summed E-state index contributed by atoms with van der Waals surface area (Å²) in [6.45, 7) is 3.71. The second kappa shape index (κ2) is 5.87. The van der Waals surface area contributed by atoms with E-state index in [4.69, 9.17) is 4.74 Å². The van der Waals surface area contributed by atoms with Crippen molar-refractivity contribution in [1.82, 2.24) is 5.32 Å². The molecule has 0 aliphatic heterocycles. The number of nitrogens with one attached hydrogen (secondary N) is 1. The Balaban J connectivity index is 1.73. The Kier molecular flexibility index (Phi) is 4.20. The van der Waals surface area contributed by atoms with Crippen LogP contribution in [0.25, 0.3) is 0 Å². The number of rotatable bonds is 5. The average Bonchev–Trinajstić information content (AvgIpc) is 3.14. The summed E-state index contributed by atoms with van der Waals surface area (Å²) >= 11 is 0. The van der Waals surface area contributed by atoms with Crippen LogP contribution in [0.15, 0.2) is 30.3 Å². The van der Waals surface area contributed by atoms with Gasteiger partial charge in [-0.25, -0.2) is 0 Å². The lowest BCUT2D eigenvalue weighted by molar-refractivity contribution is -0.150. The summed E-state index contributed by atoms with van der Waals surface area (Å²) in [7, 11) is 0. The summed E-state index contributed by atoms with van der Waals surface area (Å²) in [5, 5.41) is 2.81. The largest absolute Gasteiger partial charge is 0.455 e. The lowest BCUT2D eigenvalue weighted by Gasteiger charge is -2.14. The predicted molar refractivity (Wildman–Crippen MR) is 71.2 cm³/mol. The molecule has 1 fully saturated rings. The highest BCUT2D eigenvalue weighted by molar-refractivity contribution is 5.82. The third-order valence-corrected chi connectivity index (χ3v) is 3.43. The van der Waals surface area contributed by atoms with E-state index in [1.165, 1.54) is 0 Å².